The minimum atomic E-state index is 0.0654. The largest absolute Gasteiger partial charge is 0.493 e. The van der Waals surface area contributed by atoms with Gasteiger partial charge in [0.1, 0.15) is 0 Å². The number of nitrogens with one attached hydrogen (secondary N) is 2. The van der Waals surface area contributed by atoms with Crippen molar-refractivity contribution in [1.82, 2.24) is 10.6 Å². The molecule has 0 spiro atoms. The van der Waals surface area contributed by atoms with Gasteiger partial charge in [0, 0.05) is 25.9 Å². The van der Waals surface area contributed by atoms with Crippen molar-refractivity contribution in [3.8, 4) is 23.0 Å². The van der Waals surface area contributed by atoms with Gasteiger partial charge in [0.2, 0.25) is 11.8 Å². The number of methoxy groups -OCH3 is 2. The Kier molecular flexibility index (Phi) is 12.1. The average molecular weight is 635 g/mol. The lowest BCUT2D eigenvalue weighted by Crippen LogP contribution is -2.30. The van der Waals surface area contributed by atoms with Gasteiger partial charge in [0.15, 0.2) is 23.0 Å². The fraction of sp³-hybridized carbons (Fsp3) is 0.632. The van der Waals surface area contributed by atoms with Crippen LogP contribution < -0.4 is 29.6 Å². The van der Waals surface area contributed by atoms with Crippen LogP contribution in [0.3, 0.4) is 0 Å². The van der Waals surface area contributed by atoms with Crippen molar-refractivity contribution in [2.24, 2.45) is 0 Å². The zero-order valence-corrected chi connectivity index (χ0v) is 28.3. The van der Waals surface area contributed by atoms with Gasteiger partial charge in [-0.25, -0.2) is 0 Å². The van der Waals surface area contributed by atoms with Crippen molar-refractivity contribution in [3.63, 3.8) is 0 Å². The van der Waals surface area contributed by atoms with Crippen LogP contribution in [0.4, 0.5) is 0 Å². The molecule has 2 aromatic rings. The molecule has 252 valence electrons. The Morgan fingerprint density at radius 2 is 0.957 bits per heavy atom. The van der Waals surface area contributed by atoms with Gasteiger partial charge in [-0.1, -0.05) is 12.1 Å². The fourth-order valence-corrected chi connectivity index (χ4v) is 7.86. The van der Waals surface area contributed by atoms with Crippen LogP contribution in [0.25, 0.3) is 0 Å². The third-order valence-electron chi connectivity index (χ3n) is 10.2. The van der Waals surface area contributed by atoms with Crippen molar-refractivity contribution in [1.29, 1.82) is 0 Å². The van der Waals surface area contributed by atoms with Crippen LogP contribution in [0.5, 0.6) is 23.0 Å². The molecule has 0 aliphatic heterocycles. The summed E-state index contributed by atoms with van der Waals surface area (Å²) >= 11 is 0. The van der Waals surface area contributed by atoms with Crippen LogP contribution in [-0.2, 0) is 9.59 Å². The van der Waals surface area contributed by atoms with Gasteiger partial charge < -0.3 is 29.6 Å². The lowest BCUT2D eigenvalue weighted by atomic mass is 9.97. The van der Waals surface area contributed by atoms with Crippen LogP contribution >= 0.6 is 0 Å². The number of carbonyl (C=O) groups excluding carboxylic acids is 2. The summed E-state index contributed by atoms with van der Waals surface area (Å²) in [5, 5.41) is 6.08. The molecule has 0 aromatic heterocycles. The maximum Gasteiger partial charge on any atom is 0.217 e. The van der Waals surface area contributed by atoms with E-state index in [1.807, 2.05) is 12.1 Å². The Balaban J connectivity index is 0.000000181. The summed E-state index contributed by atoms with van der Waals surface area (Å²) in [7, 11) is 3.39. The predicted molar refractivity (Wildman–Crippen MR) is 180 cm³/mol. The van der Waals surface area contributed by atoms with Gasteiger partial charge in [-0.3, -0.25) is 9.59 Å². The standard InChI is InChI=1S/2C19H27NO3/c2*1-13(21)20-16-9-7-14(11-16)15-8-10-18(22-2)19(12-15)23-17-5-3-4-6-17/h2*8,10,12,14,16-17H,3-7,9,11H2,1-2H3,(H,20,21). The van der Waals surface area contributed by atoms with Crippen molar-refractivity contribution in [2.45, 2.75) is 140 Å². The molecule has 0 bridgehead atoms. The third-order valence-corrected chi connectivity index (χ3v) is 10.2. The molecule has 4 saturated carbocycles. The highest BCUT2D eigenvalue weighted by molar-refractivity contribution is 5.73. The molecular formula is C38H54N2O6. The molecule has 8 heteroatoms. The van der Waals surface area contributed by atoms with Crippen LogP contribution in [0.15, 0.2) is 36.4 Å². The minimum absolute atomic E-state index is 0.0654. The quantitative estimate of drug-likeness (QED) is 0.280. The number of hydrogen-bond acceptors (Lipinski definition) is 6. The van der Waals surface area contributed by atoms with E-state index in [9.17, 15) is 9.59 Å². The Hall–Kier alpha value is -3.42. The summed E-state index contributed by atoms with van der Waals surface area (Å²) in [6.45, 7) is 3.18. The number of amides is 2. The summed E-state index contributed by atoms with van der Waals surface area (Å²) in [6.07, 6.45) is 16.6. The first kappa shape index (κ1) is 33.9. The van der Waals surface area contributed by atoms with Gasteiger partial charge >= 0.3 is 0 Å². The van der Waals surface area contributed by atoms with Crippen LogP contribution in [0, 0.1) is 0 Å². The molecule has 4 fully saturated rings. The van der Waals surface area contributed by atoms with Crippen LogP contribution in [0.1, 0.15) is 127 Å². The molecule has 4 unspecified atom stereocenters. The van der Waals surface area contributed by atoms with Gasteiger partial charge in [-0.2, -0.15) is 0 Å². The van der Waals surface area contributed by atoms with E-state index < -0.39 is 0 Å². The highest BCUT2D eigenvalue weighted by Crippen LogP contribution is 2.41. The van der Waals surface area contributed by atoms with E-state index >= 15 is 0 Å². The summed E-state index contributed by atoms with van der Waals surface area (Å²) < 4.78 is 23.3. The zero-order chi connectivity index (χ0) is 32.5. The molecule has 2 amide bonds. The summed E-state index contributed by atoms with van der Waals surface area (Å²) in [5.41, 5.74) is 2.60. The first-order valence-electron chi connectivity index (χ1n) is 17.5. The van der Waals surface area contributed by atoms with E-state index in [0.29, 0.717) is 36.1 Å². The van der Waals surface area contributed by atoms with Crippen molar-refractivity contribution >= 4 is 11.8 Å². The maximum atomic E-state index is 11.2. The monoisotopic (exact) mass is 634 g/mol. The molecule has 46 heavy (non-hydrogen) atoms. The Morgan fingerprint density at radius 3 is 1.30 bits per heavy atom. The summed E-state index contributed by atoms with van der Waals surface area (Å²) in [6, 6.07) is 13.2. The molecule has 0 saturated heterocycles. The van der Waals surface area contributed by atoms with Crippen LogP contribution in [0.2, 0.25) is 0 Å². The zero-order valence-electron chi connectivity index (χ0n) is 28.3. The number of carbonyl (C=O) groups is 2. The highest BCUT2D eigenvalue weighted by atomic mass is 16.5. The molecule has 4 aliphatic rings. The summed E-state index contributed by atoms with van der Waals surface area (Å²) in [4.78, 5) is 22.5. The Labute approximate surface area is 275 Å². The van der Waals surface area contributed by atoms with Crippen molar-refractivity contribution in [2.75, 3.05) is 14.2 Å². The molecule has 2 N–H and O–H groups in total. The second-order valence-corrected chi connectivity index (χ2v) is 13.7. The first-order chi connectivity index (χ1) is 22.3. The molecule has 2 aromatic carbocycles. The van der Waals surface area contributed by atoms with Gasteiger partial charge in [0.05, 0.1) is 26.4 Å². The normalized spacial score (nSPS) is 24.6. The number of benzene rings is 2. The van der Waals surface area contributed by atoms with Gasteiger partial charge in [0.25, 0.3) is 0 Å². The van der Waals surface area contributed by atoms with E-state index in [1.54, 1.807) is 28.1 Å². The molecule has 8 nitrogen and oxygen atoms in total. The maximum absolute atomic E-state index is 11.2. The van der Waals surface area contributed by atoms with E-state index in [1.165, 1.54) is 36.8 Å². The van der Waals surface area contributed by atoms with E-state index in [0.717, 1.165) is 87.2 Å². The predicted octanol–water partition coefficient (Wildman–Crippen LogP) is 7.58. The molecule has 4 atom stereocenters. The molecule has 4 aliphatic carbocycles. The highest BCUT2D eigenvalue weighted by Gasteiger charge is 2.29. The number of rotatable bonds is 10. The van der Waals surface area contributed by atoms with Gasteiger partial charge in [-0.15, -0.1) is 0 Å². The second kappa shape index (κ2) is 16.4. The van der Waals surface area contributed by atoms with Crippen molar-refractivity contribution < 1.29 is 28.5 Å². The fourth-order valence-electron chi connectivity index (χ4n) is 7.86. The lowest BCUT2D eigenvalue weighted by Gasteiger charge is -2.19. The number of ether oxygens (including phenoxy) is 4. The van der Waals surface area contributed by atoms with E-state index in [4.69, 9.17) is 18.9 Å². The molecule has 0 heterocycles. The van der Waals surface area contributed by atoms with E-state index in [-0.39, 0.29) is 11.8 Å². The lowest BCUT2D eigenvalue weighted by molar-refractivity contribution is -0.120. The van der Waals surface area contributed by atoms with Crippen molar-refractivity contribution in [3.05, 3.63) is 47.5 Å². The third kappa shape index (κ3) is 9.32. The Bertz CT molecular complexity index is 1200. The average Bonchev–Trinajstić information content (AvgIpc) is 3.86. The van der Waals surface area contributed by atoms with E-state index in [2.05, 4.69) is 34.9 Å². The summed E-state index contributed by atoms with van der Waals surface area (Å²) in [5.74, 6) is 4.49. The molecule has 6 rings (SSSR count). The molecular weight excluding hydrogens is 580 g/mol. The smallest absolute Gasteiger partial charge is 0.217 e. The first-order valence-corrected chi connectivity index (χ1v) is 17.5. The number of hydrogen-bond donors (Lipinski definition) is 2. The second-order valence-electron chi connectivity index (χ2n) is 13.7. The topological polar surface area (TPSA) is 95.1 Å². The Morgan fingerprint density at radius 1 is 0.565 bits per heavy atom. The van der Waals surface area contributed by atoms with Crippen LogP contribution in [-0.4, -0.2) is 50.3 Å². The minimum Gasteiger partial charge on any atom is -0.493 e. The molecule has 0 radical (unpaired) electrons. The van der Waals surface area contributed by atoms with Gasteiger partial charge in [-0.05, 0) is 137 Å². The SMILES string of the molecule is COc1ccc(C2CCC(NC(C)=O)C2)cc1OC1CCCC1.COc1ccc(C2CCC(NC(C)=O)C2)cc1OC1CCCC1.